The van der Waals surface area contributed by atoms with E-state index in [0.29, 0.717) is 4.75 Å². The van der Waals surface area contributed by atoms with Gasteiger partial charge in [-0.2, -0.15) is 23.5 Å². The lowest BCUT2D eigenvalue weighted by Crippen LogP contribution is -2.29. The topological polar surface area (TPSA) is 9.23 Å². The molecule has 1 unspecified atom stereocenters. The van der Waals surface area contributed by atoms with Crippen LogP contribution in [0.3, 0.4) is 0 Å². The van der Waals surface area contributed by atoms with Crippen LogP contribution in [0.4, 0.5) is 0 Å². The summed E-state index contributed by atoms with van der Waals surface area (Å²) in [6, 6.07) is 0. The van der Waals surface area contributed by atoms with Crippen LogP contribution < -0.4 is 0 Å². The summed E-state index contributed by atoms with van der Waals surface area (Å²) in [6.07, 6.45) is 9.91. The molecule has 98 valence electrons. The van der Waals surface area contributed by atoms with Crippen molar-refractivity contribution < 1.29 is 4.74 Å². The van der Waals surface area contributed by atoms with Gasteiger partial charge in [-0.05, 0) is 44.6 Å². The molecule has 0 aromatic heterocycles. The first kappa shape index (κ1) is 13.7. The summed E-state index contributed by atoms with van der Waals surface area (Å²) >= 11 is 4.23. The molecule has 0 N–H and O–H groups in total. The predicted molar refractivity (Wildman–Crippen MR) is 79.9 cm³/mol. The maximum Gasteiger partial charge on any atom is 0.0886 e. The number of ether oxygens (including phenoxy) is 1. The normalized spacial score (nSPS) is 30.1. The summed E-state index contributed by atoms with van der Waals surface area (Å²) in [7, 11) is 0. The van der Waals surface area contributed by atoms with E-state index < -0.39 is 0 Å². The smallest absolute Gasteiger partial charge is 0.0886 e. The Bertz CT molecular complexity index is 249. The second-order valence-electron chi connectivity index (χ2n) is 5.31. The number of hydrogen-bond acceptors (Lipinski definition) is 3. The van der Waals surface area contributed by atoms with Gasteiger partial charge in [0.25, 0.3) is 0 Å². The zero-order valence-corrected chi connectivity index (χ0v) is 12.5. The van der Waals surface area contributed by atoms with E-state index >= 15 is 0 Å². The van der Waals surface area contributed by atoms with Gasteiger partial charge in [0.15, 0.2) is 0 Å². The largest absolute Gasteiger partial charge is 0.501 e. The highest BCUT2D eigenvalue weighted by molar-refractivity contribution is 8.07. The maximum atomic E-state index is 5.76. The molecule has 2 aliphatic rings. The Morgan fingerprint density at radius 3 is 2.76 bits per heavy atom. The van der Waals surface area contributed by atoms with Gasteiger partial charge in [-0.25, -0.2) is 0 Å². The zero-order chi connectivity index (χ0) is 12.0. The Kier molecular flexibility index (Phi) is 5.61. The summed E-state index contributed by atoms with van der Waals surface area (Å²) in [5.74, 6) is 3.92. The van der Waals surface area contributed by atoms with Crippen LogP contribution >= 0.6 is 23.5 Å². The number of thioether (sulfide) groups is 2. The van der Waals surface area contributed by atoms with Crippen molar-refractivity contribution in [2.75, 3.05) is 23.9 Å². The van der Waals surface area contributed by atoms with Crippen molar-refractivity contribution in [3.05, 3.63) is 11.8 Å². The Hall–Kier alpha value is 0.240. The second-order valence-corrected chi connectivity index (χ2v) is 8.10. The average molecular weight is 272 g/mol. The van der Waals surface area contributed by atoms with Gasteiger partial charge in [-0.3, -0.25) is 0 Å². The van der Waals surface area contributed by atoms with Crippen LogP contribution in [0.5, 0.6) is 0 Å². The Balaban J connectivity index is 1.64. The van der Waals surface area contributed by atoms with Gasteiger partial charge in [0, 0.05) is 22.0 Å². The molecule has 0 spiro atoms. The molecule has 1 atom stereocenters. The van der Waals surface area contributed by atoms with Crippen LogP contribution in [0.1, 0.15) is 45.4 Å². The van der Waals surface area contributed by atoms with Gasteiger partial charge in [0.2, 0.25) is 0 Å². The molecule has 3 heteroatoms. The van der Waals surface area contributed by atoms with Crippen LogP contribution in [0, 0.1) is 0 Å². The molecule has 0 radical (unpaired) electrons. The van der Waals surface area contributed by atoms with E-state index in [2.05, 4.69) is 36.7 Å². The number of hydrogen-bond donors (Lipinski definition) is 0. The van der Waals surface area contributed by atoms with Crippen LogP contribution in [-0.4, -0.2) is 28.6 Å². The first-order valence-electron chi connectivity index (χ1n) is 6.80. The molecule has 1 heterocycles. The molecular formula is C14H24OS2. The average Bonchev–Trinajstić information content (AvgIpc) is 2.37. The van der Waals surface area contributed by atoms with Gasteiger partial charge in [-0.15, -0.1) is 0 Å². The molecule has 1 nitrogen and oxygen atoms in total. The van der Waals surface area contributed by atoms with Crippen molar-refractivity contribution in [2.45, 2.75) is 50.2 Å². The Morgan fingerprint density at radius 2 is 2.06 bits per heavy atom. The fraction of sp³-hybridized carbons (Fsp3) is 0.857. The van der Waals surface area contributed by atoms with E-state index in [1.807, 2.05) is 0 Å². The van der Waals surface area contributed by atoms with Gasteiger partial charge >= 0.3 is 0 Å². The van der Waals surface area contributed by atoms with Crippen LogP contribution in [0.2, 0.25) is 0 Å². The molecule has 0 amide bonds. The van der Waals surface area contributed by atoms with Crippen LogP contribution in [0.25, 0.3) is 0 Å². The van der Waals surface area contributed by atoms with E-state index in [-0.39, 0.29) is 0 Å². The van der Waals surface area contributed by atoms with Crippen molar-refractivity contribution in [3.63, 3.8) is 0 Å². The van der Waals surface area contributed by atoms with E-state index in [1.165, 1.54) is 61.4 Å². The molecule has 2 fully saturated rings. The van der Waals surface area contributed by atoms with Crippen molar-refractivity contribution in [1.82, 2.24) is 0 Å². The minimum atomic E-state index is 0.452. The molecule has 1 saturated carbocycles. The third-order valence-corrected chi connectivity index (χ3v) is 6.81. The molecule has 0 aromatic rings. The second kappa shape index (κ2) is 6.98. The lowest BCUT2D eigenvalue weighted by atomic mass is 9.96. The minimum Gasteiger partial charge on any atom is -0.501 e. The van der Waals surface area contributed by atoms with Crippen molar-refractivity contribution in [1.29, 1.82) is 0 Å². The van der Waals surface area contributed by atoms with Crippen molar-refractivity contribution in [2.24, 2.45) is 0 Å². The monoisotopic (exact) mass is 272 g/mol. The standard InChI is InChI=1S/C14H24OS2/c1-14(12-16-9-10-17-14)7-8-15-11-13-5-3-2-4-6-13/h11H,2-10,12H2,1H3. The minimum absolute atomic E-state index is 0.452. The quantitative estimate of drug-likeness (QED) is 0.551. The van der Waals surface area contributed by atoms with Crippen LogP contribution in [0.15, 0.2) is 11.8 Å². The molecule has 0 aromatic carbocycles. The molecule has 0 bridgehead atoms. The summed E-state index contributed by atoms with van der Waals surface area (Å²) in [6.45, 7) is 3.29. The van der Waals surface area contributed by atoms with E-state index in [1.54, 1.807) is 0 Å². The molecule has 17 heavy (non-hydrogen) atoms. The van der Waals surface area contributed by atoms with E-state index in [9.17, 15) is 0 Å². The molecule has 1 aliphatic heterocycles. The van der Waals surface area contributed by atoms with Crippen LogP contribution in [-0.2, 0) is 4.74 Å². The summed E-state index contributed by atoms with van der Waals surface area (Å²) in [5.41, 5.74) is 1.53. The summed E-state index contributed by atoms with van der Waals surface area (Å²) in [4.78, 5) is 0. The SMILES string of the molecule is CC1(CCOC=C2CCCCC2)CSCCS1. The number of rotatable bonds is 4. The van der Waals surface area contributed by atoms with Gasteiger partial charge in [-0.1, -0.05) is 6.42 Å². The lowest BCUT2D eigenvalue weighted by molar-refractivity contribution is 0.230. The highest BCUT2D eigenvalue weighted by Gasteiger charge is 2.27. The fourth-order valence-corrected chi connectivity index (χ4v) is 5.23. The fourth-order valence-electron chi connectivity index (χ4n) is 2.40. The number of allylic oxidation sites excluding steroid dienone is 1. The Morgan fingerprint density at radius 1 is 1.24 bits per heavy atom. The van der Waals surface area contributed by atoms with E-state index in [0.717, 1.165) is 6.61 Å². The highest BCUT2D eigenvalue weighted by atomic mass is 32.2. The van der Waals surface area contributed by atoms with Crippen molar-refractivity contribution in [3.8, 4) is 0 Å². The van der Waals surface area contributed by atoms with E-state index in [4.69, 9.17) is 4.74 Å². The first-order valence-corrected chi connectivity index (χ1v) is 8.94. The first-order chi connectivity index (χ1) is 8.29. The molecule has 1 saturated heterocycles. The highest BCUT2D eigenvalue weighted by Crippen LogP contribution is 2.37. The van der Waals surface area contributed by atoms with Gasteiger partial charge < -0.3 is 4.74 Å². The van der Waals surface area contributed by atoms with Gasteiger partial charge in [0.05, 0.1) is 12.9 Å². The third kappa shape index (κ3) is 4.78. The predicted octanol–water partition coefficient (Wildman–Crippen LogP) is 4.48. The molecular weight excluding hydrogens is 248 g/mol. The zero-order valence-electron chi connectivity index (χ0n) is 10.9. The third-order valence-electron chi connectivity index (χ3n) is 3.58. The lowest BCUT2D eigenvalue weighted by Gasteiger charge is -2.32. The van der Waals surface area contributed by atoms with Gasteiger partial charge in [0.1, 0.15) is 0 Å². The summed E-state index contributed by atoms with van der Waals surface area (Å²) < 4.78 is 6.21. The summed E-state index contributed by atoms with van der Waals surface area (Å²) in [5, 5.41) is 0. The van der Waals surface area contributed by atoms with Crippen molar-refractivity contribution >= 4 is 23.5 Å². The maximum absolute atomic E-state index is 5.76. The molecule has 2 rings (SSSR count). The Labute approximate surface area is 114 Å². The molecule has 1 aliphatic carbocycles.